The van der Waals surface area contributed by atoms with Gasteiger partial charge in [-0.1, -0.05) is 38.1 Å². The second-order valence-corrected chi connectivity index (χ2v) is 10.9. The van der Waals surface area contributed by atoms with Gasteiger partial charge in [0.15, 0.2) is 6.20 Å². The molecule has 3 heteroatoms. The van der Waals surface area contributed by atoms with Crippen molar-refractivity contribution in [1.82, 2.24) is 0 Å². The molecule has 0 spiro atoms. The number of benzene rings is 3. The van der Waals surface area contributed by atoms with E-state index in [0.29, 0.717) is 5.56 Å². The van der Waals surface area contributed by atoms with Crippen LogP contribution in [-0.2, 0) is 19.9 Å². The minimum absolute atomic E-state index is 0.271. The molecular formula is C32H29N2O+. The van der Waals surface area contributed by atoms with Crippen LogP contribution >= 0.6 is 0 Å². The molecule has 0 amide bonds. The summed E-state index contributed by atoms with van der Waals surface area (Å²) >= 11 is 0. The fraction of sp³-hybridized carbons (Fsp3) is 0.250. The predicted octanol–water partition coefficient (Wildman–Crippen LogP) is 7.36. The van der Waals surface area contributed by atoms with Crippen molar-refractivity contribution in [2.45, 2.75) is 40.5 Å². The quantitative estimate of drug-likeness (QED) is 0.260. The van der Waals surface area contributed by atoms with Crippen LogP contribution in [0.1, 0.15) is 41.7 Å². The van der Waals surface area contributed by atoms with E-state index in [1.54, 1.807) is 0 Å². The van der Waals surface area contributed by atoms with Gasteiger partial charge in [0.25, 0.3) is 0 Å². The Kier molecular flexibility index (Phi) is 4.66. The SMILES string of the molecule is Cc1cc(-c2c(C#N)ccc3c2oc2c(-c4cccc[n+]4C)c(C)ccc23)cc2c1CC(C)(C)C2. The van der Waals surface area contributed by atoms with E-state index in [-0.39, 0.29) is 5.41 Å². The Balaban J connectivity index is 1.68. The van der Waals surface area contributed by atoms with Crippen LogP contribution in [0, 0.1) is 30.6 Å². The predicted molar refractivity (Wildman–Crippen MR) is 141 cm³/mol. The van der Waals surface area contributed by atoms with Crippen molar-refractivity contribution in [1.29, 1.82) is 5.26 Å². The van der Waals surface area contributed by atoms with E-state index < -0.39 is 0 Å². The van der Waals surface area contributed by atoms with Gasteiger partial charge in [-0.05, 0) is 78.1 Å². The third-order valence-electron chi connectivity index (χ3n) is 7.63. The molecular weight excluding hydrogens is 428 g/mol. The average Bonchev–Trinajstić information content (AvgIpc) is 3.35. The summed E-state index contributed by atoms with van der Waals surface area (Å²) in [6, 6.07) is 21.5. The third-order valence-corrected chi connectivity index (χ3v) is 7.63. The topological polar surface area (TPSA) is 40.8 Å². The summed E-state index contributed by atoms with van der Waals surface area (Å²) in [6.45, 7) is 8.99. The maximum absolute atomic E-state index is 10.1. The zero-order valence-corrected chi connectivity index (χ0v) is 21.0. The highest BCUT2D eigenvalue weighted by molar-refractivity contribution is 6.14. The number of hydrogen-bond acceptors (Lipinski definition) is 2. The van der Waals surface area contributed by atoms with E-state index >= 15 is 0 Å². The molecule has 0 fully saturated rings. The van der Waals surface area contributed by atoms with E-state index in [1.807, 2.05) is 18.2 Å². The van der Waals surface area contributed by atoms with Gasteiger partial charge in [0.1, 0.15) is 18.2 Å². The fourth-order valence-electron chi connectivity index (χ4n) is 5.98. The molecule has 2 aromatic heterocycles. The second-order valence-electron chi connectivity index (χ2n) is 10.9. The summed E-state index contributed by atoms with van der Waals surface area (Å²) in [7, 11) is 2.06. The minimum Gasteiger partial charge on any atom is -0.454 e. The Bertz CT molecular complexity index is 1710. The number of aromatic nitrogens is 1. The van der Waals surface area contributed by atoms with Crippen molar-refractivity contribution < 1.29 is 8.98 Å². The molecule has 35 heavy (non-hydrogen) atoms. The second kappa shape index (κ2) is 7.55. The van der Waals surface area contributed by atoms with Gasteiger partial charge in [0.05, 0.1) is 17.2 Å². The van der Waals surface area contributed by atoms with Crippen LogP contribution in [-0.4, -0.2) is 0 Å². The van der Waals surface area contributed by atoms with Crippen molar-refractivity contribution in [3.8, 4) is 28.5 Å². The molecule has 3 aromatic carbocycles. The minimum atomic E-state index is 0.271. The lowest BCUT2D eigenvalue weighted by Gasteiger charge is -2.15. The summed E-state index contributed by atoms with van der Waals surface area (Å²) in [5, 5.41) is 12.2. The normalized spacial score (nSPS) is 14.4. The highest BCUT2D eigenvalue weighted by atomic mass is 16.3. The first-order valence-electron chi connectivity index (χ1n) is 12.2. The lowest BCUT2D eigenvalue weighted by molar-refractivity contribution is -0.660. The van der Waals surface area contributed by atoms with E-state index in [2.05, 4.69) is 88.0 Å². The van der Waals surface area contributed by atoms with Gasteiger partial charge in [-0.15, -0.1) is 0 Å². The smallest absolute Gasteiger partial charge is 0.216 e. The summed E-state index contributed by atoms with van der Waals surface area (Å²) in [6.07, 6.45) is 4.22. The standard InChI is InChI=1S/C32H29N2O/c1-19-9-11-24-25-12-10-21(18-33)29(22-14-20(2)26-17-32(3,4)16-23(26)15-22)31(25)35-30(24)28(19)27-8-6-7-13-34(27)5/h6-15H,16-17H2,1-5H3/q+1. The van der Waals surface area contributed by atoms with Crippen LogP contribution in [0.5, 0.6) is 0 Å². The molecule has 1 aliphatic rings. The number of furan rings is 1. The molecule has 0 saturated carbocycles. The molecule has 0 atom stereocenters. The van der Waals surface area contributed by atoms with Crippen LogP contribution in [0.25, 0.3) is 44.3 Å². The van der Waals surface area contributed by atoms with E-state index in [4.69, 9.17) is 4.42 Å². The van der Waals surface area contributed by atoms with Crippen LogP contribution in [0.2, 0.25) is 0 Å². The lowest BCUT2D eigenvalue weighted by Crippen LogP contribution is -2.30. The molecule has 0 bridgehead atoms. The molecule has 3 nitrogen and oxygen atoms in total. The number of nitrogens with zero attached hydrogens (tertiary/aromatic N) is 2. The Hall–Kier alpha value is -3.90. The van der Waals surface area contributed by atoms with E-state index in [9.17, 15) is 5.26 Å². The van der Waals surface area contributed by atoms with Gasteiger partial charge in [-0.2, -0.15) is 5.26 Å². The highest BCUT2D eigenvalue weighted by Gasteiger charge is 2.30. The first-order chi connectivity index (χ1) is 16.8. The molecule has 0 saturated heterocycles. The van der Waals surface area contributed by atoms with Gasteiger partial charge >= 0.3 is 0 Å². The molecule has 2 heterocycles. The number of nitriles is 1. The molecule has 172 valence electrons. The van der Waals surface area contributed by atoms with Crippen LogP contribution in [0.15, 0.2) is 65.2 Å². The highest BCUT2D eigenvalue weighted by Crippen LogP contribution is 2.44. The fourth-order valence-corrected chi connectivity index (χ4v) is 5.98. The maximum atomic E-state index is 10.1. The van der Waals surface area contributed by atoms with Gasteiger partial charge in [0, 0.05) is 28.5 Å². The van der Waals surface area contributed by atoms with Crippen molar-refractivity contribution >= 4 is 21.9 Å². The van der Waals surface area contributed by atoms with Gasteiger partial charge < -0.3 is 4.42 Å². The van der Waals surface area contributed by atoms with Crippen LogP contribution in [0.3, 0.4) is 0 Å². The number of pyridine rings is 1. The van der Waals surface area contributed by atoms with Crippen LogP contribution < -0.4 is 4.57 Å². The zero-order valence-electron chi connectivity index (χ0n) is 21.0. The molecule has 0 radical (unpaired) electrons. The number of aryl methyl sites for hydroxylation is 3. The Morgan fingerprint density at radius 1 is 0.886 bits per heavy atom. The molecule has 6 rings (SSSR count). The summed E-state index contributed by atoms with van der Waals surface area (Å²) < 4.78 is 8.86. The lowest BCUT2D eigenvalue weighted by atomic mass is 9.90. The van der Waals surface area contributed by atoms with Crippen LogP contribution in [0.4, 0.5) is 0 Å². The molecule has 0 unspecified atom stereocenters. The Morgan fingerprint density at radius 2 is 1.63 bits per heavy atom. The van der Waals surface area contributed by atoms with Gasteiger partial charge in [-0.25, -0.2) is 4.57 Å². The van der Waals surface area contributed by atoms with E-state index in [1.165, 1.54) is 16.7 Å². The van der Waals surface area contributed by atoms with E-state index in [0.717, 1.165) is 62.7 Å². The van der Waals surface area contributed by atoms with Gasteiger partial charge in [-0.3, -0.25) is 0 Å². The first kappa shape index (κ1) is 21.6. The summed E-state index contributed by atoms with van der Waals surface area (Å²) in [4.78, 5) is 0. The van der Waals surface area contributed by atoms with Crippen molar-refractivity contribution in [3.63, 3.8) is 0 Å². The maximum Gasteiger partial charge on any atom is 0.216 e. The molecule has 0 aliphatic heterocycles. The largest absolute Gasteiger partial charge is 0.454 e. The number of rotatable bonds is 2. The monoisotopic (exact) mass is 457 g/mol. The molecule has 5 aromatic rings. The zero-order chi connectivity index (χ0) is 24.5. The molecule has 1 aliphatic carbocycles. The van der Waals surface area contributed by atoms with Crippen molar-refractivity contribution in [3.05, 3.63) is 88.6 Å². The summed E-state index contributed by atoms with van der Waals surface area (Å²) in [5.41, 5.74) is 12.1. The molecule has 0 N–H and O–H groups in total. The Labute approximate surface area is 206 Å². The third kappa shape index (κ3) is 3.28. The average molecular weight is 458 g/mol. The van der Waals surface area contributed by atoms with Crippen molar-refractivity contribution in [2.24, 2.45) is 12.5 Å². The number of hydrogen-bond donors (Lipinski definition) is 0. The number of fused-ring (bicyclic) bond motifs is 4. The van der Waals surface area contributed by atoms with Crippen molar-refractivity contribution in [2.75, 3.05) is 0 Å². The Morgan fingerprint density at radius 3 is 2.37 bits per heavy atom. The first-order valence-corrected chi connectivity index (χ1v) is 12.2. The van der Waals surface area contributed by atoms with Gasteiger partial charge in [0.2, 0.25) is 5.69 Å². The summed E-state index contributed by atoms with van der Waals surface area (Å²) in [5.74, 6) is 0.